The summed E-state index contributed by atoms with van der Waals surface area (Å²) in [6, 6.07) is 17.7. The summed E-state index contributed by atoms with van der Waals surface area (Å²) in [6.45, 7) is 5.79. The predicted molar refractivity (Wildman–Crippen MR) is 112 cm³/mol. The van der Waals surface area contributed by atoms with Crippen LogP contribution in [0.2, 0.25) is 0 Å². The van der Waals surface area contributed by atoms with E-state index in [1.54, 1.807) is 6.92 Å². The van der Waals surface area contributed by atoms with E-state index in [1.807, 2.05) is 4.90 Å². The quantitative estimate of drug-likeness (QED) is 0.812. The molecule has 0 unspecified atom stereocenters. The molecule has 0 saturated carbocycles. The molecule has 3 heterocycles. The average Bonchev–Trinajstić information content (AvgIpc) is 2.75. The van der Waals surface area contributed by atoms with E-state index >= 15 is 0 Å². The molecule has 28 heavy (non-hydrogen) atoms. The second-order valence-corrected chi connectivity index (χ2v) is 8.29. The van der Waals surface area contributed by atoms with Crippen molar-refractivity contribution in [3.8, 4) is 0 Å². The van der Waals surface area contributed by atoms with Crippen LogP contribution >= 0.6 is 0 Å². The fraction of sp³-hybridized carbons (Fsp3) is 0.500. The lowest BCUT2D eigenvalue weighted by atomic mass is 9.91. The number of aromatic nitrogens is 1. The number of carbonyl (C=O) groups excluding carboxylic acids is 1. The third-order valence-corrected chi connectivity index (χ3v) is 6.35. The van der Waals surface area contributed by atoms with Gasteiger partial charge in [0.1, 0.15) is 0 Å². The van der Waals surface area contributed by atoms with Gasteiger partial charge in [0.05, 0.1) is 0 Å². The third kappa shape index (κ3) is 4.61. The molecule has 0 aliphatic carbocycles. The summed E-state index contributed by atoms with van der Waals surface area (Å²) in [4.78, 5) is 21.3. The van der Waals surface area contributed by atoms with E-state index in [4.69, 9.17) is 4.98 Å². The molecule has 4 heteroatoms. The highest BCUT2D eigenvalue weighted by molar-refractivity contribution is 5.73. The van der Waals surface area contributed by atoms with Crippen LogP contribution < -0.4 is 0 Å². The normalized spacial score (nSPS) is 21.6. The second-order valence-electron chi connectivity index (χ2n) is 8.29. The lowest BCUT2D eigenvalue weighted by Crippen LogP contribution is -2.49. The van der Waals surface area contributed by atoms with Gasteiger partial charge in [0, 0.05) is 56.3 Å². The largest absolute Gasteiger partial charge is 0.343 e. The summed E-state index contributed by atoms with van der Waals surface area (Å²) >= 11 is 0. The zero-order chi connectivity index (χ0) is 19.3. The fourth-order valence-corrected chi connectivity index (χ4v) is 4.75. The molecule has 4 nitrogen and oxygen atoms in total. The summed E-state index contributed by atoms with van der Waals surface area (Å²) in [5.41, 5.74) is 3.73. The first-order chi connectivity index (χ1) is 13.7. The Balaban J connectivity index is 1.39. The van der Waals surface area contributed by atoms with Crippen molar-refractivity contribution in [2.75, 3.05) is 26.2 Å². The van der Waals surface area contributed by atoms with Crippen molar-refractivity contribution in [3.63, 3.8) is 0 Å². The average molecular weight is 378 g/mol. The minimum atomic E-state index is 0.217. The Labute approximate surface area is 168 Å². The summed E-state index contributed by atoms with van der Waals surface area (Å²) in [5, 5.41) is 0. The van der Waals surface area contributed by atoms with E-state index in [9.17, 15) is 4.79 Å². The van der Waals surface area contributed by atoms with Crippen molar-refractivity contribution >= 4 is 5.91 Å². The Morgan fingerprint density at radius 1 is 1.00 bits per heavy atom. The molecular weight excluding hydrogens is 346 g/mol. The molecule has 2 aromatic rings. The van der Waals surface area contributed by atoms with Gasteiger partial charge in [-0.25, -0.2) is 0 Å². The van der Waals surface area contributed by atoms with Crippen molar-refractivity contribution in [2.45, 2.75) is 51.0 Å². The molecule has 1 atom stereocenters. The zero-order valence-corrected chi connectivity index (χ0v) is 16.9. The Kier molecular flexibility index (Phi) is 6.06. The monoisotopic (exact) mass is 377 g/mol. The number of hydrogen-bond acceptors (Lipinski definition) is 3. The van der Waals surface area contributed by atoms with Gasteiger partial charge in [0.15, 0.2) is 0 Å². The smallest absolute Gasteiger partial charge is 0.219 e. The number of rotatable bonds is 4. The van der Waals surface area contributed by atoms with Crippen molar-refractivity contribution < 1.29 is 4.79 Å². The number of benzene rings is 1. The van der Waals surface area contributed by atoms with Crippen molar-refractivity contribution in [3.05, 3.63) is 65.5 Å². The van der Waals surface area contributed by atoms with E-state index in [1.165, 1.54) is 30.6 Å². The molecule has 0 spiro atoms. The lowest BCUT2D eigenvalue weighted by Gasteiger charge is -2.42. The number of nitrogens with zero attached hydrogens (tertiary/aromatic N) is 3. The second kappa shape index (κ2) is 8.87. The third-order valence-electron chi connectivity index (χ3n) is 6.35. The number of carbonyl (C=O) groups is 1. The Morgan fingerprint density at radius 2 is 1.79 bits per heavy atom. The Morgan fingerprint density at radius 3 is 2.54 bits per heavy atom. The first-order valence-corrected chi connectivity index (χ1v) is 10.7. The van der Waals surface area contributed by atoms with Gasteiger partial charge in [-0.3, -0.25) is 14.7 Å². The van der Waals surface area contributed by atoms with Crippen molar-refractivity contribution in [1.29, 1.82) is 0 Å². The first kappa shape index (κ1) is 19.1. The number of pyridine rings is 1. The Bertz CT molecular complexity index is 783. The minimum absolute atomic E-state index is 0.217. The van der Waals surface area contributed by atoms with Crippen molar-refractivity contribution in [1.82, 2.24) is 14.8 Å². The predicted octanol–water partition coefficient (Wildman–Crippen LogP) is 3.86. The Hall–Kier alpha value is -2.20. The highest BCUT2D eigenvalue weighted by Crippen LogP contribution is 2.29. The van der Waals surface area contributed by atoms with E-state index in [-0.39, 0.29) is 5.91 Å². The standard InChI is InChI=1S/C24H31N3O/c1-19(28)26-15-12-23(13-16-26)27-14-6-9-21(18-27)24-11-5-10-22(25-24)17-20-7-3-2-4-8-20/h2-5,7-8,10-11,21,23H,6,9,12-18H2,1H3/t21-/m1/s1. The zero-order valence-electron chi connectivity index (χ0n) is 16.9. The van der Waals surface area contributed by atoms with Gasteiger partial charge in [-0.05, 0) is 49.9 Å². The molecule has 0 radical (unpaired) electrons. The SMILES string of the molecule is CC(=O)N1CCC(N2CCC[C@@H](c3cccc(Cc4ccccc4)n3)C2)CC1. The van der Waals surface area contributed by atoms with Gasteiger partial charge < -0.3 is 4.90 Å². The van der Waals surface area contributed by atoms with Crippen LogP contribution in [0, 0.1) is 0 Å². The molecule has 0 bridgehead atoms. The van der Waals surface area contributed by atoms with Gasteiger partial charge in [-0.2, -0.15) is 0 Å². The summed E-state index contributed by atoms with van der Waals surface area (Å²) in [5.74, 6) is 0.740. The van der Waals surface area contributed by atoms with E-state index < -0.39 is 0 Å². The molecule has 1 amide bonds. The molecule has 2 aliphatic rings. The number of piperidine rings is 2. The number of amides is 1. The number of hydrogen-bond donors (Lipinski definition) is 0. The molecular formula is C24H31N3O. The molecule has 2 aliphatic heterocycles. The topological polar surface area (TPSA) is 36.4 Å². The van der Waals surface area contributed by atoms with Crippen LogP contribution in [0.1, 0.15) is 55.5 Å². The van der Waals surface area contributed by atoms with Crippen molar-refractivity contribution in [2.24, 2.45) is 0 Å². The maximum Gasteiger partial charge on any atom is 0.219 e. The summed E-state index contributed by atoms with van der Waals surface area (Å²) in [6.07, 6.45) is 5.57. The molecule has 4 rings (SSSR count). The highest BCUT2D eigenvalue weighted by Gasteiger charge is 2.30. The van der Waals surface area contributed by atoms with Crippen LogP contribution in [0.15, 0.2) is 48.5 Å². The van der Waals surface area contributed by atoms with E-state index in [0.29, 0.717) is 12.0 Å². The number of likely N-dealkylation sites (tertiary alicyclic amines) is 2. The van der Waals surface area contributed by atoms with Gasteiger partial charge in [0.2, 0.25) is 5.91 Å². The molecule has 0 N–H and O–H groups in total. The maximum atomic E-state index is 11.6. The molecule has 2 saturated heterocycles. The minimum Gasteiger partial charge on any atom is -0.343 e. The van der Waals surface area contributed by atoms with Gasteiger partial charge in [-0.15, -0.1) is 0 Å². The van der Waals surface area contributed by atoms with Gasteiger partial charge >= 0.3 is 0 Å². The van der Waals surface area contributed by atoms with Crippen LogP contribution in [0.5, 0.6) is 0 Å². The molecule has 1 aromatic heterocycles. The van der Waals surface area contributed by atoms with Crippen LogP contribution in [0.3, 0.4) is 0 Å². The van der Waals surface area contributed by atoms with Crippen LogP contribution in [0.25, 0.3) is 0 Å². The van der Waals surface area contributed by atoms with Crippen LogP contribution in [-0.4, -0.2) is 52.9 Å². The van der Waals surface area contributed by atoms with Crippen LogP contribution in [-0.2, 0) is 11.2 Å². The van der Waals surface area contributed by atoms with E-state index in [2.05, 4.69) is 53.4 Å². The van der Waals surface area contributed by atoms with E-state index in [0.717, 1.165) is 44.6 Å². The van der Waals surface area contributed by atoms with Gasteiger partial charge in [0.25, 0.3) is 0 Å². The summed E-state index contributed by atoms with van der Waals surface area (Å²) < 4.78 is 0. The molecule has 1 aromatic carbocycles. The fourth-order valence-electron chi connectivity index (χ4n) is 4.75. The summed E-state index contributed by atoms with van der Waals surface area (Å²) in [7, 11) is 0. The first-order valence-electron chi connectivity index (χ1n) is 10.7. The molecule has 148 valence electrons. The maximum absolute atomic E-state index is 11.6. The lowest BCUT2D eigenvalue weighted by molar-refractivity contribution is -0.130. The highest BCUT2D eigenvalue weighted by atomic mass is 16.2. The molecule has 2 fully saturated rings. The van der Waals surface area contributed by atoms with Crippen LogP contribution in [0.4, 0.5) is 0 Å². The van der Waals surface area contributed by atoms with Gasteiger partial charge in [-0.1, -0.05) is 36.4 Å².